The molecule has 0 aliphatic carbocycles. The van der Waals surface area contributed by atoms with Crippen molar-refractivity contribution in [2.45, 2.75) is 6.92 Å². The number of rotatable bonds is 4. The first kappa shape index (κ1) is 16.4. The van der Waals surface area contributed by atoms with Crippen molar-refractivity contribution in [3.8, 4) is 11.5 Å². The summed E-state index contributed by atoms with van der Waals surface area (Å²) >= 11 is 11.4. The van der Waals surface area contributed by atoms with E-state index in [1.807, 2.05) is 43.3 Å². The van der Waals surface area contributed by atoms with Gasteiger partial charge in [-0.25, -0.2) is 0 Å². The molecule has 0 aliphatic rings. The molecule has 2 N–H and O–H groups in total. The van der Waals surface area contributed by atoms with Gasteiger partial charge in [-0.3, -0.25) is 0 Å². The number of hydrogen-bond acceptors (Lipinski definition) is 3. The summed E-state index contributed by atoms with van der Waals surface area (Å²) in [5.41, 5.74) is 2.62. The van der Waals surface area contributed by atoms with Gasteiger partial charge in [0, 0.05) is 16.8 Å². The predicted molar refractivity (Wildman–Crippen MR) is 95.6 cm³/mol. The zero-order valence-electron chi connectivity index (χ0n) is 12.6. The summed E-state index contributed by atoms with van der Waals surface area (Å²) in [6, 6.07) is 11.0. The molecule has 0 saturated carbocycles. The Bertz CT molecular complexity index is 692. The monoisotopic (exact) mass is 336 g/mol. The van der Waals surface area contributed by atoms with Crippen LogP contribution in [0.1, 0.15) is 5.56 Å². The van der Waals surface area contributed by atoms with Crippen molar-refractivity contribution in [2.24, 2.45) is 0 Å². The SMILES string of the molecule is COc1ccc(OC)c(NC(=S)Nc2cc(Cl)ccc2C)c1. The molecule has 6 heteroatoms. The zero-order chi connectivity index (χ0) is 16.1. The van der Waals surface area contributed by atoms with Crippen molar-refractivity contribution < 1.29 is 9.47 Å². The molecule has 2 aromatic rings. The van der Waals surface area contributed by atoms with Crippen molar-refractivity contribution in [3.05, 3.63) is 47.0 Å². The van der Waals surface area contributed by atoms with Crippen LogP contribution in [0.4, 0.5) is 11.4 Å². The Morgan fingerprint density at radius 2 is 1.73 bits per heavy atom. The molecule has 0 saturated heterocycles. The molecule has 116 valence electrons. The number of hydrogen-bond donors (Lipinski definition) is 2. The van der Waals surface area contributed by atoms with Gasteiger partial charge >= 0.3 is 0 Å². The van der Waals surface area contributed by atoms with Crippen molar-refractivity contribution in [2.75, 3.05) is 24.9 Å². The van der Waals surface area contributed by atoms with Crippen LogP contribution in [0.3, 0.4) is 0 Å². The molecule has 2 rings (SSSR count). The van der Waals surface area contributed by atoms with Crippen LogP contribution in [-0.4, -0.2) is 19.3 Å². The van der Waals surface area contributed by atoms with E-state index < -0.39 is 0 Å². The Balaban J connectivity index is 2.16. The topological polar surface area (TPSA) is 42.5 Å². The first-order chi connectivity index (χ1) is 10.5. The second kappa shape index (κ2) is 7.33. The summed E-state index contributed by atoms with van der Waals surface area (Å²) in [6.45, 7) is 1.98. The number of thiocarbonyl (C=S) groups is 1. The third-order valence-corrected chi connectivity index (χ3v) is 3.54. The lowest BCUT2D eigenvalue weighted by molar-refractivity contribution is 0.405. The minimum absolute atomic E-state index is 0.442. The van der Waals surface area contributed by atoms with Gasteiger partial charge in [-0.05, 0) is 49.0 Å². The number of nitrogens with one attached hydrogen (secondary N) is 2. The molecule has 0 unspecified atom stereocenters. The van der Waals surface area contributed by atoms with E-state index in [0.717, 1.165) is 16.9 Å². The van der Waals surface area contributed by atoms with E-state index in [4.69, 9.17) is 33.3 Å². The maximum absolute atomic E-state index is 6.01. The fraction of sp³-hybridized carbons (Fsp3) is 0.188. The molecule has 0 bridgehead atoms. The van der Waals surface area contributed by atoms with Crippen LogP contribution in [0.15, 0.2) is 36.4 Å². The second-order valence-electron chi connectivity index (χ2n) is 4.60. The van der Waals surface area contributed by atoms with Crippen LogP contribution < -0.4 is 20.1 Å². The molecule has 0 aliphatic heterocycles. The number of ether oxygens (including phenoxy) is 2. The van der Waals surface area contributed by atoms with Gasteiger partial charge in [0.05, 0.1) is 19.9 Å². The summed E-state index contributed by atoms with van der Waals surface area (Å²) in [7, 11) is 3.21. The average molecular weight is 337 g/mol. The Morgan fingerprint density at radius 3 is 2.41 bits per heavy atom. The molecular formula is C16H17ClN2O2S. The van der Waals surface area contributed by atoms with E-state index in [1.54, 1.807) is 14.2 Å². The summed E-state index contributed by atoms with van der Waals surface area (Å²) in [4.78, 5) is 0. The molecule has 4 nitrogen and oxygen atoms in total. The predicted octanol–water partition coefficient (Wildman–Crippen LogP) is 4.47. The molecule has 22 heavy (non-hydrogen) atoms. The Morgan fingerprint density at radius 1 is 1.00 bits per heavy atom. The van der Waals surface area contributed by atoms with Gasteiger partial charge < -0.3 is 20.1 Å². The van der Waals surface area contributed by atoms with E-state index in [2.05, 4.69) is 10.6 Å². The third kappa shape index (κ3) is 4.02. The van der Waals surface area contributed by atoms with E-state index in [1.165, 1.54) is 0 Å². The van der Waals surface area contributed by atoms with Gasteiger partial charge in [0.1, 0.15) is 11.5 Å². The number of methoxy groups -OCH3 is 2. The van der Waals surface area contributed by atoms with E-state index in [0.29, 0.717) is 21.6 Å². The van der Waals surface area contributed by atoms with E-state index in [9.17, 15) is 0 Å². The first-order valence-electron chi connectivity index (χ1n) is 6.59. The normalized spacial score (nSPS) is 10.0. The minimum Gasteiger partial charge on any atom is -0.497 e. The van der Waals surface area contributed by atoms with Crippen molar-refractivity contribution in [1.82, 2.24) is 0 Å². The highest BCUT2D eigenvalue weighted by atomic mass is 35.5. The molecule has 0 radical (unpaired) electrons. The molecule has 0 heterocycles. The third-order valence-electron chi connectivity index (χ3n) is 3.10. The van der Waals surface area contributed by atoms with Gasteiger partial charge in [-0.15, -0.1) is 0 Å². The lowest BCUT2D eigenvalue weighted by atomic mass is 10.2. The van der Waals surface area contributed by atoms with Crippen LogP contribution in [0.2, 0.25) is 5.02 Å². The van der Waals surface area contributed by atoms with Crippen molar-refractivity contribution in [3.63, 3.8) is 0 Å². The van der Waals surface area contributed by atoms with Crippen molar-refractivity contribution in [1.29, 1.82) is 0 Å². The lowest BCUT2D eigenvalue weighted by Crippen LogP contribution is -2.20. The van der Waals surface area contributed by atoms with Crippen LogP contribution in [-0.2, 0) is 0 Å². The molecule has 2 aromatic carbocycles. The minimum atomic E-state index is 0.442. The molecule has 0 atom stereocenters. The highest BCUT2D eigenvalue weighted by molar-refractivity contribution is 7.80. The number of halogens is 1. The van der Waals surface area contributed by atoms with Crippen LogP contribution >= 0.6 is 23.8 Å². The molecular weight excluding hydrogens is 320 g/mol. The first-order valence-corrected chi connectivity index (χ1v) is 7.38. The van der Waals surface area contributed by atoms with Crippen LogP contribution in [0.25, 0.3) is 0 Å². The smallest absolute Gasteiger partial charge is 0.175 e. The van der Waals surface area contributed by atoms with Gasteiger partial charge in [-0.1, -0.05) is 17.7 Å². The highest BCUT2D eigenvalue weighted by Gasteiger charge is 2.08. The quantitative estimate of drug-likeness (QED) is 0.806. The number of aryl methyl sites for hydroxylation is 1. The van der Waals surface area contributed by atoms with Gasteiger partial charge in [0.25, 0.3) is 0 Å². The Kier molecular flexibility index (Phi) is 5.46. The Labute approximate surface area is 140 Å². The van der Waals surface area contributed by atoms with E-state index >= 15 is 0 Å². The summed E-state index contributed by atoms with van der Waals surface area (Å²) in [5.74, 6) is 1.39. The lowest BCUT2D eigenvalue weighted by Gasteiger charge is -2.15. The maximum atomic E-state index is 6.01. The number of benzene rings is 2. The van der Waals surface area contributed by atoms with Gasteiger partial charge in [0.2, 0.25) is 0 Å². The number of anilines is 2. The average Bonchev–Trinajstić information content (AvgIpc) is 2.50. The van der Waals surface area contributed by atoms with Gasteiger partial charge in [-0.2, -0.15) is 0 Å². The maximum Gasteiger partial charge on any atom is 0.175 e. The molecule has 0 fully saturated rings. The zero-order valence-corrected chi connectivity index (χ0v) is 14.1. The Hall–Kier alpha value is -1.98. The fourth-order valence-electron chi connectivity index (χ4n) is 1.92. The molecule has 0 amide bonds. The summed E-state index contributed by atoms with van der Waals surface area (Å²) in [6.07, 6.45) is 0. The van der Waals surface area contributed by atoms with Crippen LogP contribution in [0, 0.1) is 6.92 Å². The van der Waals surface area contributed by atoms with Crippen LogP contribution in [0.5, 0.6) is 11.5 Å². The van der Waals surface area contributed by atoms with Gasteiger partial charge in [0.15, 0.2) is 5.11 Å². The van der Waals surface area contributed by atoms with E-state index in [-0.39, 0.29) is 0 Å². The van der Waals surface area contributed by atoms with Crippen molar-refractivity contribution >= 4 is 40.3 Å². The second-order valence-corrected chi connectivity index (χ2v) is 5.45. The fourth-order valence-corrected chi connectivity index (χ4v) is 2.31. The standard InChI is InChI=1S/C16H17ClN2O2S/c1-10-4-5-11(17)8-13(10)18-16(22)19-14-9-12(20-2)6-7-15(14)21-3/h4-9H,1-3H3,(H2,18,19,22). The molecule has 0 aromatic heterocycles. The molecule has 0 spiro atoms. The summed E-state index contributed by atoms with van der Waals surface area (Å²) < 4.78 is 10.5. The summed E-state index contributed by atoms with van der Waals surface area (Å²) in [5, 5.41) is 7.32. The highest BCUT2D eigenvalue weighted by Crippen LogP contribution is 2.29. The largest absolute Gasteiger partial charge is 0.497 e.